The lowest BCUT2D eigenvalue weighted by atomic mass is 10.2. The van der Waals surface area contributed by atoms with Gasteiger partial charge in [-0.15, -0.1) is 0 Å². The van der Waals surface area contributed by atoms with Crippen molar-refractivity contribution < 1.29 is 9.59 Å². The maximum Gasteiger partial charge on any atom is 0.327 e. The molecule has 2 fully saturated rings. The normalized spacial score (nSPS) is 26.2. The Hall–Kier alpha value is -0.580. The molecular formula is C9H13BrN2O2. The van der Waals surface area contributed by atoms with E-state index in [1.54, 1.807) is 4.90 Å². The molecule has 78 valence electrons. The van der Waals surface area contributed by atoms with Gasteiger partial charge in [0.1, 0.15) is 6.04 Å². The molecule has 2 saturated heterocycles. The quantitative estimate of drug-likeness (QED) is 0.565. The number of fused-ring (bicyclic) bond motifs is 1. The third-order valence-corrected chi connectivity index (χ3v) is 3.36. The molecule has 0 N–H and O–H groups in total. The van der Waals surface area contributed by atoms with Gasteiger partial charge in [0.05, 0.1) is 0 Å². The summed E-state index contributed by atoms with van der Waals surface area (Å²) in [6.07, 6.45) is 2.64. The summed E-state index contributed by atoms with van der Waals surface area (Å²) in [5, 5.41) is 0.828. The molecule has 3 amide bonds. The highest BCUT2D eigenvalue weighted by Crippen LogP contribution is 2.27. The molecular weight excluding hydrogens is 248 g/mol. The van der Waals surface area contributed by atoms with Crippen LogP contribution in [0.25, 0.3) is 0 Å². The van der Waals surface area contributed by atoms with Crippen LogP contribution in [-0.4, -0.2) is 46.2 Å². The second kappa shape index (κ2) is 3.88. The van der Waals surface area contributed by atoms with Gasteiger partial charge in [0.25, 0.3) is 5.91 Å². The summed E-state index contributed by atoms with van der Waals surface area (Å²) in [5.41, 5.74) is 0. The number of halogens is 1. The van der Waals surface area contributed by atoms with E-state index in [9.17, 15) is 9.59 Å². The van der Waals surface area contributed by atoms with Crippen molar-refractivity contribution in [2.45, 2.75) is 25.3 Å². The number of carbonyl (C=O) groups excluding carboxylic acids is 2. The Morgan fingerprint density at radius 1 is 1.43 bits per heavy atom. The van der Waals surface area contributed by atoms with Crippen molar-refractivity contribution in [2.75, 3.05) is 18.4 Å². The topological polar surface area (TPSA) is 40.6 Å². The third-order valence-electron chi connectivity index (χ3n) is 2.80. The summed E-state index contributed by atoms with van der Waals surface area (Å²) in [7, 11) is 0. The molecule has 5 heteroatoms. The van der Waals surface area contributed by atoms with E-state index < -0.39 is 0 Å². The Morgan fingerprint density at radius 2 is 2.21 bits per heavy atom. The van der Waals surface area contributed by atoms with Gasteiger partial charge >= 0.3 is 6.03 Å². The van der Waals surface area contributed by atoms with Crippen LogP contribution in [0.4, 0.5) is 4.79 Å². The minimum Gasteiger partial charge on any atom is -0.312 e. The lowest BCUT2D eigenvalue weighted by Gasteiger charge is -2.14. The van der Waals surface area contributed by atoms with Crippen LogP contribution < -0.4 is 0 Å². The molecule has 0 saturated carbocycles. The lowest BCUT2D eigenvalue weighted by Crippen LogP contribution is -2.34. The van der Waals surface area contributed by atoms with E-state index in [2.05, 4.69) is 15.9 Å². The Bertz CT molecular complexity index is 248. The molecule has 4 nitrogen and oxygen atoms in total. The molecule has 0 aromatic heterocycles. The number of amides is 3. The van der Waals surface area contributed by atoms with Gasteiger partial charge in [-0.1, -0.05) is 15.9 Å². The zero-order chi connectivity index (χ0) is 10.1. The summed E-state index contributed by atoms with van der Waals surface area (Å²) >= 11 is 3.29. The fraction of sp³-hybridized carbons (Fsp3) is 0.778. The van der Waals surface area contributed by atoms with Crippen LogP contribution in [0.3, 0.4) is 0 Å². The number of imide groups is 1. The second-order valence-corrected chi connectivity index (χ2v) is 4.46. The van der Waals surface area contributed by atoms with Crippen LogP contribution in [0.1, 0.15) is 19.3 Å². The molecule has 2 aliphatic heterocycles. The highest BCUT2D eigenvalue weighted by molar-refractivity contribution is 9.09. The number of carbonyl (C=O) groups is 2. The second-order valence-electron chi connectivity index (χ2n) is 3.67. The van der Waals surface area contributed by atoms with E-state index in [0.717, 1.165) is 31.1 Å². The number of urea groups is 1. The van der Waals surface area contributed by atoms with Gasteiger partial charge in [0.2, 0.25) is 0 Å². The molecule has 0 radical (unpaired) electrons. The minimum atomic E-state index is -0.141. The van der Waals surface area contributed by atoms with E-state index >= 15 is 0 Å². The fourth-order valence-corrected chi connectivity index (χ4v) is 2.36. The molecule has 2 rings (SSSR count). The SMILES string of the molecule is O=C1C2CCCN2C(=O)N1CCCBr. The predicted molar refractivity (Wildman–Crippen MR) is 55.2 cm³/mol. The molecule has 0 bridgehead atoms. The summed E-state index contributed by atoms with van der Waals surface area (Å²) in [5.74, 6) is 0.00782. The maximum atomic E-state index is 11.8. The van der Waals surface area contributed by atoms with Gasteiger partial charge in [-0.3, -0.25) is 9.69 Å². The largest absolute Gasteiger partial charge is 0.327 e. The zero-order valence-corrected chi connectivity index (χ0v) is 9.49. The number of nitrogens with zero attached hydrogens (tertiary/aromatic N) is 2. The van der Waals surface area contributed by atoms with Crippen molar-refractivity contribution in [1.82, 2.24) is 9.80 Å². The van der Waals surface area contributed by atoms with Crippen LogP contribution in [0.2, 0.25) is 0 Å². The molecule has 1 unspecified atom stereocenters. The lowest BCUT2D eigenvalue weighted by molar-refractivity contribution is -0.127. The van der Waals surface area contributed by atoms with E-state index in [1.807, 2.05) is 0 Å². The fourth-order valence-electron chi connectivity index (χ4n) is 2.11. The molecule has 0 aliphatic carbocycles. The van der Waals surface area contributed by atoms with Crippen molar-refractivity contribution in [3.63, 3.8) is 0 Å². The zero-order valence-electron chi connectivity index (χ0n) is 7.91. The first-order valence-corrected chi connectivity index (χ1v) is 6.06. The van der Waals surface area contributed by atoms with E-state index in [4.69, 9.17) is 0 Å². The Labute approximate surface area is 91.4 Å². The van der Waals surface area contributed by atoms with E-state index in [0.29, 0.717) is 6.54 Å². The van der Waals surface area contributed by atoms with Crippen molar-refractivity contribution in [1.29, 1.82) is 0 Å². The summed E-state index contributed by atoms with van der Waals surface area (Å²) in [4.78, 5) is 26.6. The highest BCUT2D eigenvalue weighted by atomic mass is 79.9. The number of alkyl halides is 1. The first kappa shape index (κ1) is 9.96. The van der Waals surface area contributed by atoms with Crippen LogP contribution >= 0.6 is 15.9 Å². The van der Waals surface area contributed by atoms with Gasteiger partial charge in [-0.25, -0.2) is 4.79 Å². The van der Waals surface area contributed by atoms with Crippen molar-refractivity contribution in [2.24, 2.45) is 0 Å². The average molecular weight is 261 g/mol. The van der Waals surface area contributed by atoms with E-state index in [-0.39, 0.29) is 18.0 Å². The molecule has 2 aliphatic rings. The smallest absolute Gasteiger partial charge is 0.312 e. The Kier molecular flexibility index (Phi) is 2.76. The number of hydrogen-bond acceptors (Lipinski definition) is 2. The number of rotatable bonds is 3. The summed E-state index contributed by atoms with van der Waals surface area (Å²) in [6, 6.07) is -0.226. The van der Waals surface area contributed by atoms with Crippen molar-refractivity contribution in [3.05, 3.63) is 0 Å². The van der Waals surface area contributed by atoms with Crippen LogP contribution in [-0.2, 0) is 4.79 Å². The van der Waals surface area contributed by atoms with Gasteiger partial charge < -0.3 is 4.90 Å². The van der Waals surface area contributed by atoms with Crippen molar-refractivity contribution in [3.8, 4) is 0 Å². The van der Waals surface area contributed by atoms with Crippen LogP contribution in [0.5, 0.6) is 0 Å². The first-order valence-electron chi connectivity index (χ1n) is 4.93. The number of hydrogen-bond donors (Lipinski definition) is 0. The molecule has 0 aromatic carbocycles. The average Bonchev–Trinajstić information content (AvgIpc) is 2.72. The standard InChI is InChI=1S/C9H13BrN2O2/c10-4-2-6-12-8(13)7-3-1-5-11(7)9(12)14/h7H,1-6H2. The summed E-state index contributed by atoms with van der Waals surface area (Å²) < 4.78 is 0. The summed E-state index contributed by atoms with van der Waals surface area (Å²) in [6.45, 7) is 1.30. The molecule has 2 heterocycles. The highest BCUT2D eigenvalue weighted by Gasteiger charge is 2.46. The molecule has 1 atom stereocenters. The van der Waals surface area contributed by atoms with Crippen molar-refractivity contribution >= 4 is 27.9 Å². The molecule has 0 aromatic rings. The Morgan fingerprint density at radius 3 is 2.86 bits per heavy atom. The van der Waals surface area contributed by atoms with Gasteiger partial charge in [-0.2, -0.15) is 0 Å². The minimum absolute atomic E-state index is 0.00782. The van der Waals surface area contributed by atoms with Crippen LogP contribution in [0.15, 0.2) is 0 Å². The monoisotopic (exact) mass is 260 g/mol. The van der Waals surface area contributed by atoms with Crippen LogP contribution in [0, 0.1) is 0 Å². The molecule has 0 spiro atoms. The Balaban J connectivity index is 2.06. The maximum absolute atomic E-state index is 11.8. The first-order chi connectivity index (χ1) is 6.75. The predicted octanol–water partition coefficient (Wildman–Crippen LogP) is 1.20. The third kappa shape index (κ3) is 1.43. The van der Waals surface area contributed by atoms with Gasteiger partial charge in [0, 0.05) is 18.4 Å². The van der Waals surface area contributed by atoms with Gasteiger partial charge in [0.15, 0.2) is 0 Å². The van der Waals surface area contributed by atoms with Gasteiger partial charge in [-0.05, 0) is 19.3 Å². The molecule has 14 heavy (non-hydrogen) atoms. The van der Waals surface area contributed by atoms with E-state index in [1.165, 1.54) is 4.90 Å².